The molecule has 20 heavy (non-hydrogen) atoms. The summed E-state index contributed by atoms with van der Waals surface area (Å²) in [4.78, 5) is 11.8. The van der Waals surface area contributed by atoms with Crippen molar-refractivity contribution < 1.29 is 14.3 Å². The number of carbonyl (C=O) groups excluding carboxylic acids is 1. The number of hydrogen-bond acceptors (Lipinski definition) is 4. The fourth-order valence-corrected chi connectivity index (χ4v) is 1.62. The van der Waals surface area contributed by atoms with Gasteiger partial charge in [0.15, 0.2) is 0 Å². The standard InChI is InChI=1S/C14H22N2O3.ClH/c1-9(2)13(15)14(17)16-8-10-7-11(18-3)5-6-12(10)19-4;/h5-7,9,13H,8,15H2,1-4H3,(H,16,17);1H/t13-;/m1./s1. The van der Waals surface area contributed by atoms with Crippen LogP contribution in [-0.2, 0) is 11.3 Å². The number of nitrogens with one attached hydrogen (secondary N) is 1. The van der Waals surface area contributed by atoms with E-state index in [1.165, 1.54) is 0 Å². The molecule has 0 saturated heterocycles. The predicted molar refractivity (Wildman–Crippen MR) is 81.5 cm³/mol. The van der Waals surface area contributed by atoms with Crippen LogP contribution in [0.1, 0.15) is 19.4 Å². The lowest BCUT2D eigenvalue weighted by atomic mass is 10.0. The van der Waals surface area contributed by atoms with Gasteiger partial charge in [0.1, 0.15) is 11.5 Å². The van der Waals surface area contributed by atoms with E-state index in [0.29, 0.717) is 12.3 Å². The average molecular weight is 303 g/mol. The summed E-state index contributed by atoms with van der Waals surface area (Å²) in [5.74, 6) is 1.37. The zero-order valence-electron chi connectivity index (χ0n) is 12.3. The van der Waals surface area contributed by atoms with Gasteiger partial charge in [-0.1, -0.05) is 13.8 Å². The molecule has 0 aliphatic rings. The van der Waals surface area contributed by atoms with E-state index in [-0.39, 0.29) is 24.2 Å². The van der Waals surface area contributed by atoms with Gasteiger partial charge in [-0.3, -0.25) is 4.79 Å². The zero-order valence-corrected chi connectivity index (χ0v) is 13.1. The third-order valence-corrected chi connectivity index (χ3v) is 2.96. The fourth-order valence-electron chi connectivity index (χ4n) is 1.62. The monoisotopic (exact) mass is 302 g/mol. The van der Waals surface area contributed by atoms with Crippen LogP contribution in [0.5, 0.6) is 11.5 Å². The molecule has 0 radical (unpaired) electrons. The third-order valence-electron chi connectivity index (χ3n) is 2.96. The number of rotatable bonds is 6. The summed E-state index contributed by atoms with van der Waals surface area (Å²) in [6.45, 7) is 4.19. The maximum absolute atomic E-state index is 11.8. The highest BCUT2D eigenvalue weighted by atomic mass is 35.5. The third kappa shape index (κ3) is 4.90. The Hall–Kier alpha value is -1.46. The summed E-state index contributed by atoms with van der Waals surface area (Å²) in [6, 6.07) is 4.95. The Morgan fingerprint density at radius 3 is 2.45 bits per heavy atom. The van der Waals surface area contributed by atoms with Crippen molar-refractivity contribution in [3.05, 3.63) is 23.8 Å². The normalized spacial score (nSPS) is 11.5. The number of benzene rings is 1. The Balaban J connectivity index is 0.00000361. The van der Waals surface area contributed by atoms with Crippen molar-refractivity contribution in [1.29, 1.82) is 0 Å². The average Bonchev–Trinajstić information content (AvgIpc) is 2.43. The van der Waals surface area contributed by atoms with E-state index in [2.05, 4.69) is 5.32 Å². The molecule has 1 atom stereocenters. The van der Waals surface area contributed by atoms with Crippen LogP contribution in [0.3, 0.4) is 0 Å². The van der Waals surface area contributed by atoms with Crippen molar-refractivity contribution in [2.45, 2.75) is 26.4 Å². The number of amides is 1. The van der Waals surface area contributed by atoms with Crippen LogP contribution < -0.4 is 20.5 Å². The van der Waals surface area contributed by atoms with Crippen molar-refractivity contribution in [3.63, 3.8) is 0 Å². The van der Waals surface area contributed by atoms with Crippen LogP contribution >= 0.6 is 12.4 Å². The number of halogens is 1. The SMILES string of the molecule is COc1ccc(OC)c(CNC(=O)[C@H](N)C(C)C)c1.Cl. The molecule has 1 aromatic carbocycles. The lowest BCUT2D eigenvalue weighted by molar-refractivity contribution is -0.123. The van der Waals surface area contributed by atoms with Crippen molar-refractivity contribution in [1.82, 2.24) is 5.32 Å². The Morgan fingerprint density at radius 2 is 1.95 bits per heavy atom. The summed E-state index contributed by atoms with van der Waals surface area (Å²) in [6.07, 6.45) is 0. The van der Waals surface area contributed by atoms with E-state index in [4.69, 9.17) is 15.2 Å². The summed E-state index contributed by atoms with van der Waals surface area (Å²) in [7, 11) is 3.19. The molecule has 0 unspecified atom stereocenters. The van der Waals surface area contributed by atoms with Gasteiger partial charge < -0.3 is 20.5 Å². The lowest BCUT2D eigenvalue weighted by Crippen LogP contribution is -2.43. The summed E-state index contributed by atoms with van der Waals surface area (Å²) in [5.41, 5.74) is 6.64. The van der Waals surface area contributed by atoms with E-state index in [0.717, 1.165) is 11.3 Å². The number of ether oxygens (including phenoxy) is 2. The first-order valence-corrected chi connectivity index (χ1v) is 6.23. The van der Waals surface area contributed by atoms with Gasteiger partial charge >= 0.3 is 0 Å². The number of methoxy groups -OCH3 is 2. The molecule has 0 spiro atoms. The summed E-state index contributed by atoms with van der Waals surface area (Å²) < 4.78 is 10.4. The zero-order chi connectivity index (χ0) is 14.4. The molecular weight excluding hydrogens is 280 g/mol. The first-order chi connectivity index (χ1) is 8.99. The molecular formula is C14H23ClN2O3. The molecule has 0 aromatic heterocycles. The number of nitrogens with two attached hydrogens (primary N) is 1. The van der Waals surface area contributed by atoms with Gasteiger partial charge in [0.05, 0.1) is 20.3 Å². The van der Waals surface area contributed by atoms with Gasteiger partial charge in [0.25, 0.3) is 0 Å². The summed E-state index contributed by atoms with van der Waals surface area (Å²) in [5, 5.41) is 2.81. The first kappa shape index (κ1) is 18.5. The molecule has 5 nitrogen and oxygen atoms in total. The second-order valence-corrected chi connectivity index (χ2v) is 4.67. The van der Waals surface area contributed by atoms with Gasteiger partial charge in [0.2, 0.25) is 5.91 Å². The Bertz CT molecular complexity index is 438. The maximum Gasteiger partial charge on any atom is 0.237 e. The van der Waals surface area contributed by atoms with Crippen molar-refractivity contribution >= 4 is 18.3 Å². The van der Waals surface area contributed by atoms with Gasteiger partial charge in [-0.2, -0.15) is 0 Å². The fraction of sp³-hybridized carbons (Fsp3) is 0.500. The number of hydrogen-bond donors (Lipinski definition) is 2. The Morgan fingerprint density at radius 1 is 1.30 bits per heavy atom. The molecule has 1 rings (SSSR count). The first-order valence-electron chi connectivity index (χ1n) is 6.23. The largest absolute Gasteiger partial charge is 0.497 e. The van der Waals surface area contributed by atoms with Gasteiger partial charge in [0, 0.05) is 12.1 Å². The minimum atomic E-state index is -0.503. The quantitative estimate of drug-likeness (QED) is 0.839. The lowest BCUT2D eigenvalue weighted by Gasteiger charge is -2.16. The van der Waals surface area contributed by atoms with Gasteiger partial charge in [-0.25, -0.2) is 0 Å². The minimum absolute atomic E-state index is 0. The smallest absolute Gasteiger partial charge is 0.237 e. The number of carbonyl (C=O) groups is 1. The highest BCUT2D eigenvalue weighted by Crippen LogP contribution is 2.23. The highest BCUT2D eigenvalue weighted by Gasteiger charge is 2.17. The second-order valence-electron chi connectivity index (χ2n) is 4.67. The highest BCUT2D eigenvalue weighted by molar-refractivity contribution is 5.85. The molecule has 1 amide bonds. The van der Waals surface area contributed by atoms with E-state index >= 15 is 0 Å². The topological polar surface area (TPSA) is 73.6 Å². The summed E-state index contributed by atoms with van der Waals surface area (Å²) >= 11 is 0. The van der Waals surface area contributed by atoms with Crippen LogP contribution in [0.4, 0.5) is 0 Å². The molecule has 0 heterocycles. The van der Waals surface area contributed by atoms with Crippen molar-refractivity contribution in [2.24, 2.45) is 11.7 Å². The molecule has 3 N–H and O–H groups in total. The molecule has 0 fully saturated rings. The molecule has 0 aliphatic carbocycles. The van der Waals surface area contributed by atoms with E-state index < -0.39 is 6.04 Å². The van der Waals surface area contributed by atoms with Crippen LogP contribution in [0.25, 0.3) is 0 Å². The van der Waals surface area contributed by atoms with Gasteiger partial charge in [-0.15, -0.1) is 12.4 Å². The molecule has 1 aromatic rings. The molecule has 0 saturated carbocycles. The van der Waals surface area contributed by atoms with E-state index in [1.807, 2.05) is 32.0 Å². The van der Waals surface area contributed by atoms with Crippen LogP contribution in [0.15, 0.2) is 18.2 Å². The van der Waals surface area contributed by atoms with E-state index in [9.17, 15) is 4.79 Å². The Labute approximate surface area is 126 Å². The van der Waals surface area contributed by atoms with Crippen molar-refractivity contribution in [3.8, 4) is 11.5 Å². The minimum Gasteiger partial charge on any atom is -0.497 e. The molecule has 0 aliphatic heterocycles. The van der Waals surface area contributed by atoms with Crippen LogP contribution in [0, 0.1) is 5.92 Å². The van der Waals surface area contributed by atoms with E-state index in [1.54, 1.807) is 14.2 Å². The van der Waals surface area contributed by atoms with Crippen molar-refractivity contribution in [2.75, 3.05) is 14.2 Å². The van der Waals surface area contributed by atoms with Gasteiger partial charge in [-0.05, 0) is 24.1 Å². The second kappa shape index (κ2) is 8.66. The van der Waals surface area contributed by atoms with Crippen LogP contribution in [-0.4, -0.2) is 26.2 Å². The van der Waals surface area contributed by atoms with Crippen LogP contribution in [0.2, 0.25) is 0 Å². The molecule has 114 valence electrons. The molecule has 6 heteroatoms. The molecule has 0 bridgehead atoms. The predicted octanol–water partition coefficient (Wildman–Crippen LogP) is 1.73. The maximum atomic E-state index is 11.8. The Kier molecular flexibility index (Phi) is 8.03.